The largest absolute Gasteiger partial charge is 0.494 e. The number of rotatable bonds is 8. The minimum atomic E-state index is -0.712. The minimum Gasteiger partial charge on any atom is -0.494 e. The van der Waals surface area contributed by atoms with Crippen LogP contribution in [0.4, 0.5) is 5.69 Å². The second kappa shape index (κ2) is 10.2. The van der Waals surface area contributed by atoms with Gasteiger partial charge in [-0.05, 0) is 49.7 Å². The maximum atomic E-state index is 13.0. The second-order valence-corrected chi connectivity index (χ2v) is 7.61. The van der Waals surface area contributed by atoms with Gasteiger partial charge in [0.2, 0.25) is 5.91 Å². The molecule has 1 atom stereocenters. The minimum absolute atomic E-state index is 0.0621. The van der Waals surface area contributed by atoms with Crippen LogP contribution in [0.2, 0.25) is 0 Å². The average molecular weight is 415 g/mol. The van der Waals surface area contributed by atoms with Gasteiger partial charge in [0.05, 0.1) is 24.6 Å². The van der Waals surface area contributed by atoms with Crippen LogP contribution < -0.4 is 19.7 Å². The SMILES string of the molecule is CCCNC(=O)[C@H]1CN(C(=O)CSc2ccc(OCC)cc2)c2ccccc2O1. The molecule has 3 rings (SSSR count). The van der Waals surface area contributed by atoms with Crippen LogP contribution in [0, 0.1) is 0 Å². The van der Waals surface area contributed by atoms with Gasteiger partial charge in [-0.3, -0.25) is 9.59 Å². The molecule has 29 heavy (non-hydrogen) atoms. The molecule has 1 aliphatic rings. The Hall–Kier alpha value is -2.67. The molecule has 1 N–H and O–H groups in total. The number of carbonyl (C=O) groups excluding carboxylic acids is 2. The summed E-state index contributed by atoms with van der Waals surface area (Å²) in [6.07, 6.45) is 0.132. The quantitative estimate of drug-likeness (QED) is 0.670. The molecule has 0 saturated heterocycles. The summed E-state index contributed by atoms with van der Waals surface area (Å²) in [5.41, 5.74) is 0.698. The fourth-order valence-electron chi connectivity index (χ4n) is 2.99. The zero-order chi connectivity index (χ0) is 20.6. The number of hydrogen-bond acceptors (Lipinski definition) is 5. The average Bonchev–Trinajstić information content (AvgIpc) is 2.76. The monoisotopic (exact) mass is 414 g/mol. The Kier molecular flexibility index (Phi) is 7.41. The van der Waals surface area contributed by atoms with Gasteiger partial charge >= 0.3 is 0 Å². The van der Waals surface area contributed by atoms with Gasteiger partial charge in [-0.2, -0.15) is 0 Å². The molecule has 0 saturated carbocycles. The van der Waals surface area contributed by atoms with Crippen LogP contribution in [-0.4, -0.2) is 43.4 Å². The smallest absolute Gasteiger partial charge is 0.262 e. The first kappa shape index (κ1) is 21.0. The zero-order valence-corrected chi connectivity index (χ0v) is 17.5. The molecular weight excluding hydrogens is 388 g/mol. The molecule has 1 aliphatic heterocycles. The third-order valence-electron chi connectivity index (χ3n) is 4.41. The highest BCUT2D eigenvalue weighted by Gasteiger charge is 2.33. The van der Waals surface area contributed by atoms with E-state index in [1.54, 1.807) is 11.0 Å². The summed E-state index contributed by atoms with van der Waals surface area (Å²) in [6.45, 7) is 5.34. The summed E-state index contributed by atoms with van der Waals surface area (Å²) in [6, 6.07) is 15.0. The van der Waals surface area contributed by atoms with Crippen molar-refractivity contribution in [3.63, 3.8) is 0 Å². The Morgan fingerprint density at radius 1 is 1.17 bits per heavy atom. The fourth-order valence-corrected chi connectivity index (χ4v) is 3.77. The van der Waals surface area contributed by atoms with Crippen LogP contribution in [0.5, 0.6) is 11.5 Å². The van der Waals surface area contributed by atoms with Crippen LogP contribution in [0.15, 0.2) is 53.4 Å². The standard InChI is InChI=1S/C22H26N2O4S/c1-3-13-23-22(26)20-14-24(18-7-5-6-8-19(18)28-20)21(25)15-29-17-11-9-16(10-12-17)27-4-2/h5-12,20H,3-4,13-15H2,1-2H3,(H,23,26)/t20-/m1/s1. The molecule has 2 aromatic rings. The summed E-state index contributed by atoms with van der Waals surface area (Å²) >= 11 is 1.46. The molecule has 2 aromatic carbocycles. The number of fused-ring (bicyclic) bond motifs is 1. The number of nitrogens with one attached hydrogen (secondary N) is 1. The molecule has 0 spiro atoms. The molecule has 1 heterocycles. The number of thioether (sulfide) groups is 1. The Labute approximate surface area is 175 Å². The molecule has 6 nitrogen and oxygen atoms in total. The van der Waals surface area contributed by atoms with Crippen molar-refractivity contribution < 1.29 is 19.1 Å². The number of para-hydroxylation sites is 2. The number of ether oxygens (including phenoxy) is 2. The van der Waals surface area contributed by atoms with Crippen molar-refractivity contribution in [2.45, 2.75) is 31.3 Å². The molecule has 0 unspecified atom stereocenters. The second-order valence-electron chi connectivity index (χ2n) is 6.56. The van der Waals surface area contributed by atoms with Crippen LogP contribution in [0.1, 0.15) is 20.3 Å². The lowest BCUT2D eigenvalue weighted by molar-refractivity contribution is -0.128. The van der Waals surface area contributed by atoms with Crippen molar-refractivity contribution in [1.29, 1.82) is 0 Å². The highest BCUT2D eigenvalue weighted by molar-refractivity contribution is 8.00. The Balaban J connectivity index is 1.68. The van der Waals surface area contributed by atoms with Crippen molar-refractivity contribution in [3.8, 4) is 11.5 Å². The molecule has 0 bridgehead atoms. The van der Waals surface area contributed by atoms with Crippen molar-refractivity contribution in [2.75, 3.05) is 30.3 Å². The lowest BCUT2D eigenvalue weighted by Crippen LogP contribution is -2.51. The number of amides is 2. The fraction of sp³-hybridized carbons (Fsp3) is 0.364. The predicted molar refractivity (Wildman–Crippen MR) is 115 cm³/mol. The molecule has 0 fully saturated rings. The molecule has 0 aromatic heterocycles. The number of hydrogen-bond donors (Lipinski definition) is 1. The summed E-state index contributed by atoms with van der Waals surface area (Å²) in [7, 11) is 0. The third kappa shape index (κ3) is 5.44. The van der Waals surface area contributed by atoms with Gasteiger partial charge in [0.25, 0.3) is 5.91 Å². The molecular formula is C22H26N2O4S. The molecule has 0 aliphatic carbocycles. The molecule has 0 radical (unpaired) electrons. The number of nitrogens with zero attached hydrogens (tertiary/aromatic N) is 1. The van der Waals surface area contributed by atoms with Gasteiger partial charge in [0, 0.05) is 11.4 Å². The van der Waals surface area contributed by atoms with E-state index in [0.29, 0.717) is 24.6 Å². The van der Waals surface area contributed by atoms with Gasteiger partial charge in [0.15, 0.2) is 6.10 Å². The number of carbonyl (C=O) groups is 2. The Bertz CT molecular complexity index is 841. The summed E-state index contributed by atoms with van der Waals surface area (Å²) in [5, 5.41) is 2.85. The van der Waals surface area contributed by atoms with Crippen LogP contribution in [0.25, 0.3) is 0 Å². The highest BCUT2D eigenvalue weighted by Crippen LogP contribution is 2.34. The molecule has 2 amide bonds. The molecule has 7 heteroatoms. The first-order valence-electron chi connectivity index (χ1n) is 9.81. The normalized spacial score (nSPS) is 15.2. The summed E-state index contributed by atoms with van der Waals surface area (Å²) < 4.78 is 11.3. The van der Waals surface area contributed by atoms with Crippen LogP contribution >= 0.6 is 11.8 Å². The van der Waals surface area contributed by atoms with Gasteiger partial charge in [0.1, 0.15) is 11.5 Å². The van der Waals surface area contributed by atoms with E-state index in [4.69, 9.17) is 9.47 Å². The van der Waals surface area contributed by atoms with Gasteiger partial charge in [-0.1, -0.05) is 19.1 Å². The van der Waals surface area contributed by atoms with Gasteiger partial charge in [-0.15, -0.1) is 11.8 Å². The maximum absolute atomic E-state index is 13.0. The van der Waals surface area contributed by atoms with Crippen LogP contribution in [-0.2, 0) is 9.59 Å². The van der Waals surface area contributed by atoms with E-state index in [1.165, 1.54) is 11.8 Å². The van der Waals surface area contributed by atoms with E-state index in [9.17, 15) is 9.59 Å². The summed E-state index contributed by atoms with van der Waals surface area (Å²) in [4.78, 5) is 28.0. The number of benzene rings is 2. The maximum Gasteiger partial charge on any atom is 0.262 e. The van der Waals surface area contributed by atoms with E-state index >= 15 is 0 Å². The first-order chi connectivity index (χ1) is 14.1. The van der Waals surface area contributed by atoms with Crippen LogP contribution in [0.3, 0.4) is 0 Å². The van der Waals surface area contributed by atoms with E-state index < -0.39 is 6.10 Å². The Morgan fingerprint density at radius 2 is 1.93 bits per heavy atom. The number of anilines is 1. The van der Waals surface area contributed by atoms with Crippen molar-refractivity contribution in [2.24, 2.45) is 0 Å². The van der Waals surface area contributed by atoms with Crippen molar-refractivity contribution in [3.05, 3.63) is 48.5 Å². The zero-order valence-electron chi connectivity index (χ0n) is 16.7. The molecule has 154 valence electrons. The third-order valence-corrected chi connectivity index (χ3v) is 5.41. The van der Waals surface area contributed by atoms with E-state index in [-0.39, 0.29) is 24.1 Å². The predicted octanol–water partition coefficient (Wildman–Crippen LogP) is 3.50. The van der Waals surface area contributed by atoms with Crippen molar-refractivity contribution in [1.82, 2.24) is 5.32 Å². The lowest BCUT2D eigenvalue weighted by atomic mass is 10.1. The first-order valence-corrected chi connectivity index (χ1v) is 10.8. The van der Waals surface area contributed by atoms with Gasteiger partial charge in [-0.25, -0.2) is 0 Å². The Morgan fingerprint density at radius 3 is 2.66 bits per heavy atom. The highest BCUT2D eigenvalue weighted by atomic mass is 32.2. The van der Waals surface area contributed by atoms with E-state index in [0.717, 1.165) is 17.1 Å². The lowest BCUT2D eigenvalue weighted by Gasteiger charge is -2.34. The van der Waals surface area contributed by atoms with E-state index in [1.807, 2.05) is 56.3 Å². The van der Waals surface area contributed by atoms with Crippen molar-refractivity contribution >= 4 is 29.3 Å². The topological polar surface area (TPSA) is 67.9 Å². The van der Waals surface area contributed by atoms with E-state index in [2.05, 4.69) is 5.32 Å². The summed E-state index contributed by atoms with van der Waals surface area (Å²) in [5.74, 6) is 1.37. The van der Waals surface area contributed by atoms with Gasteiger partial charge < -0.3 is 19.7 Å².